The van der Waals surface area contributed by atoms with Gasteiger partial charge in [-0.1, -0.05) is 31.7 Å². The molecule has 0 radical (unpaired) electrons. The second kappa shape index (κ2) is 10.9. The van der Waals surface area contributed by atoms with E-state index in [0.29, 0.717) is 24.3 Å². The summed E-state index contributed by atoms with van der Waals surface area (Å²) in [5.74, 6) is 0.208. The van der Waals surface area contributed by atoms with Crippen molar-refractivity contribution in [2.75, 3.05) is 11.9 Å². The van der Waals surface area contributed by atoms with Gasteiger partial charge in [-0.2, -0.15) is 0 Å². The van der Waals surface area contributed by atoms with Gasteiger partial charge in [0.15, 0.2) is 0 Å². The van der Waals surface area contributed by atoms with Crippen LogP contribution in [0.1, 0.15) is 70.6 Å². The van der Waals surface area contributed by atoms with E-state index < -0.39 is 0 Å². The van der Waals surface area contributed by atoms with Gasteiger partial charge < -0.3 is 15.5 Å². The largest absolute Gasteiger partial charge is 0.347 e. The number of rotatable bonds is 9. The minimum Gasteiger partial charge on any atom is -0.347 e. The molecule has 7 heteroatoms. The Morgan fingerprint density at radius 1 is 0.931 bits per heavy atom. The SMILES string of the molecule is O=C(CCCC(=O)Nc1ccccn1)NCC(=O)N(C1CCCC1)C1CCCC1. The highest BCUT2D eigenvalue weighted by Gasteiger charge is 2.33. The van der Waals surface area contributed by atoms with Crippen LogP contribution in [0.4, 0.5) is 5.82 Å². The minimum atomic E-state index is -0.179. The number of pyridine rings is 1. The molecule has 2 fully saturated rings. The summed E-state index contributed by atoms with van der Waals surface area (Å²) in [7, 11) is 0. The van der Waals surface area contributed by atoms with Crippen LogP contribution in [0.15, 0.2) is 24.4 Å². The van der Waals surface area contributed by atoms with Crippen LogP contribution in [0.25, 0.3) is 0 Å². The van der Waals surface area contributed by atoms with Crippen LogP contribution in [0.3, 0.4) is 0 Å². The lowest BCUT2D eigenvalue weighted by molar-refractivity contribution is -0.137. The van der Waals surface area contributed by atoms with Crippen molar-refractivity contribution in [3.05, 3.63) is 24.4 Å². The Kier molecular flexibility index (Phi) is 8.02. The van der Waals surface area contributed by atoms with E-state index in [1.165, 1.54) is 25.7 Å². The highest BCUT2D eigenvalue weighted by atomic mass is 16.2. The molecule has 1 aromatic rings. The van der Waals surface area contributed by atoms with Crippen molar-refractivity contribution in [2.24, 2.45) is 0 Å². The fraction of sp³-hybridized carbons (Fsp3) is 0.636. The first-order valence-electron chi connectivity index (χ1n) is 10.9. The molecule has 0 saturated heterocycles. The molecule has 1 aromatic heterocycles. The summed E-state index contributed by atoms with van der Waals surface area (Å²) in [5.41, 5.74) is 0. The van der Waals surface area contributed by atoms with Gasteiger partial charge in [-0.3, -0.25) is 14.4 Å². The number of nitrogens with one attached hydrogen (secondary N) is 2. The van der Waals surface area contributed by atoms with Crippen LogP contribution in [0, 0.1) is 0 Å². The van der Waals surface area contributed by atoms with E-state index in [9.17, 15) is 14.4 Å². The summed E-state index contributed by atoms with van der Waals surface area (Å²) in [6, 6.07) is 5.99. The maximum atomic E-state index is 12.8. The molecule has 3 rings (SSSR count). The monoisotopic (exact) mass is 400 g/mol. The average molecular weight is 401 g/mol. The molecule has 0 atom stereocenters. The molecule has 2 saturated carbocycles. The topological polar surface area (TPSA) is 91.4 Å². The molecule has 1 heterocycles. The number of aromatic nitrogens is 1. The first-order valence-corrected chi connectivity index (χ1v) is 10.9. The Morgan fingerprint density at radius 3 is 2.14 bits per heavy atom. The van der Waals surface area contributed by atoms with E-state index in [-0.39, 0.29) is 37.1 Å². The normalized spacial score (nSPS) is 17.2. The van der Waals surface area contributed by atoms with Gasteiger partial charge in [0.05, 0.1) is 6.54 Å². The standard InChI is InChI=1S/C22H32N4O3/c27-20(13-7-14-21(28)25-19-12-5-6-15-23-19)24-16-22(29)26(17-8-1-2-9-17)18-10-3-4-11-18/h5-6,12,15,17-18H,1-4,7-11,13-14,16H2,(H,24,27)(H,23,25,28). The highest BCUT2D eigenvalue weighted by molar-refractivity contribution is 5.90. The first kappa shape index (κ1) is 21.3. The minimum absolute atomic E-state index is 0.0463. The van der Waals surface area contributed by atoms with Gasteiger partial charge in [-0.25, -0.2) is 4.98 Å². The Morgan fingerprint density at radius 2 is 1.55 bits per heavy atom. The lowest BCUT2D eigenvalue weighted by Crippen LogP contribution is -2.49. The van der Waals surface area contributed by atoms with Crippen LogP contribution in [-0.2, 0) is 14.4 Å². The van der Waals surface area contributed by atoms with Crippen LogP contribution in [-0.4, -0.2) is 46.2 Å². The smallest absolute Gasteiger partial charge is 0.242 e. The predicted molar refractivity (Wildman–Crippen MR) is 111 cm³/mol. The van der Waals surface area contributed by atoms with Gasteiger partial charge in [0.2, 0.25) is 17.7 Å². The lowest BCUT2D eigenvalue weighted by atomic mass is 10.1. The Bertz CT molecular complexity index is 667. The highest BCUT2D eigenvalue weighted by Crippen LogP contribution is 2.31. The van der Waals surface area contributed by atoms with E-state index in [0.717, 1.165) is 25.7 Å². The number of anilines is 1. The molecule has 0 aromatic carbocycles. The first-order chi connectivity index (χ1) is 14.1. The Labute approximate surface area is 172 Å². The summed E-state index contributed by atoms with van der Waals surface area (Å²) in [4.78, 5) is 43.0. The second-order valence-corrected chi connectivity index (χ2v) is 8.07. The quantitative estimate of drug-likeness (QED) is 0.667. The molecule has 7 nitrogen and oxygen atoms in total. The van der Waals surface area contributed by atoms with Crippen molar-refractivity contribution in [1.82, 2.24) is 15.2 Å². The third kappa shape index (κ3) is 6.54. The van der Waals surface area contributed by atoms with Gasteiger partial charge in [-0.05, 0) is 44.2 Å². The molecule has 0 spiro atoms. The van der Waals surface area contributed by atoms with Crippen molar-refractivity contribution in [3.8, 4) is 0 Å². The van der Waals surface area contributed by atoms with Gasteiger partial charge in [-0.15, -0.1) is 0 Å². The molecule has 2 N–H and O–H groups in total. The zero-order chi connectivity index (χ0) is 20.5. The Hall–Kier alpha value is -2.44. The molecule has 0 aliphatic heterocycles. The number of carbonyl (C=O) groups excluding carboxylic acids is 3. The van der Waals surface area contributed by atoms with Crippen LogP contribution in [0.2, 0.25) is 0 Å². The van der Waals surface area contributed by atoms with E-state index in [1.807, 2.05) is 0 Å². The Balaban J connectivity index is 1.37. The molecule has 0 unspecified atom stereocenters. The molecule has 2 aliphatic carbocycles. The summed E-state index contributed by atoms with van der Waals surface area (Å²) in [5, 5.41) is 5.46. The molecule has 0 bridgehead atoms. The third-order valence-corrected chi connectivity index (χ3v) is 5.90. The fourth-order valence-electron chi connectivity index (χ4n) is 4.48. The molecule has 29 heavy (non-hydrogen) atoms. The van der Waals surface area contributed by atoms with E-state index in [4.69, 9.17) is 0 Å². The summed E-state index contributed by atoms with van der Waals surface area (Å²) < 4.78 is 0. The van der Waals surface area contributed by atoms with Crippen LogP contribution in [0.5, 0.6) is 0 Å². The summed E-state index contributed by atoms with van der Waals surface area (Å²) in [6.07, 6.45) is 11.6. The fourth-order valence-corrected chi connectivity index (χ4v) is 4.48. The van der Waals surface area contributed by atoms with Crippen molar-refractivity contribution in [1.29, 1.82) is 0 Å². The van der Waals surface area contributed by atoms with Crippen molar-refractivity contribution >= 4 is 23.5 Å². The maximum Gasteiger partial charge on any atom is 0.242 e. The van der Waals surface area contributed by atoms with Crippen molar-refractivity contribution < 1.29 is 14.4 Å². The number of hydrogen-bond acceptors (Lipinski definition) is 4. The molecular weight excluding hydrogens is 368 g/mol. The van der Waals surface area contributed by atoms with Gasteiger partial charge in [0, 0.05) is 31.1 Å². The average Bonchev–Trinajstić information content (AvgIpc) is 3.42. The molecular formula is C22H32N4O3. The third-order valence-electron chi connectivity index (χ3n) is 5.90. The number of nitrogens with zero attached hydrogens (tertiary/aromatic N) is 2. The zero-order valence-corrected chi connectivity index (χ0v) is 17.1. The van der Waals surface area contributed by atoms with Gasteiger partial charge in [0.25, 0.3) is 0 Å². The second-order valence-electron chi connectivity index (χ2n) is 8.07. The maximum absolute atomic E-state index is 12.8. The lowest BCUT2D eigenvalue weighted by Gasteiger charge is -2.34. The zero-order valence-electron chi connectivity index (χ0n) is 17.1. The predicted octanol–water partition coefficient (Wildman–Crippen LogP) is 3.02. The van der Waals surface area contributed by atoms with E-state index >= 15 is 0 Å². The number of carbonyl (C=O) groups is 3. The van der Waals surface area contributed by atoms with E-state index in [1.54, 1.807) is 24.4 Å². The molecule has 3 amide bonds. The van der Waals surface area contributed by atoms with Gasteiger partial charge >= 0.3 is 0 Å². The molecule has 158 valence electrons. The van der Waals surface area contributed by atoms with Crippen molar-refractivity contribution in [2.45, 2.75) is 82.7 Å². The molecule has 2 aliphatic rings. The van der Waals surface area contributed by atoms with Crippen LogP contribution < -0.4 is 10.6 Å². The van der Waals surface area contributed by atoms with E-state index in [2.05, 4.69) is 20.5 Å². The summed E-state index contributed by atoms with van der Waals surface area (Å²) >= 11 is 0. The number of amides is 3. The summed E-state index contributed by atoms with van der Waals surface area (Å²) in [6.45, 7) is 0.0615. The van der Waals surface area contributed by atoms with Crippen LogP contribution >= 0.6 is 0 Å². The van der Waals surface area contributed by atoms with Gasteiger partial charge in [0.1, 0.15) is 5.82 Å². The van der Waals surface area contributed by atoms with Crippen molar-refractivity contribution in [3.63, 3.8) is 0 Å². The number of hydrogen-bond donors (Lipinski definition) is 2.